The highest BCUT2D eigenvalue weighted by atomic mass is 16.5. The molecule has 0 aliphatic rings. The van der Waals surface area contributed by atoms with Crippen LogP contribution in [-0.4, -0.2) is 12.6 Å². The van der Waals surface area contributed by atoms with Crippen molar-refractivity contribution in [2.24, 2.45) is 0 Å². The van der Waals surface area contributed by atoms with Gasteiger partial charge in [0.15, 0.2) is 0 Å². The number of esters is 1. The van der Waals surface area contributed by atoms with Gasteiger partial charge in [-0.15, -0.1) is 0 Å². The highest BCUT2D eigenvalue weighted by Crippen LogP contribution is 1.85. The van der Waals surface area contributed by atoms with Crippen molar-refractivity contribution in [2.75, 3.05) is 6.61 Å². The first-order valence-electron chi connectivity index (χ1n) is 2.70. The van der Waals surface area contributed by atoms with Crippen molar-refractivity contribution in [3.8, 4) is 0 Å². The summed E-state index contributed by atoms with van der Waals surface area (Å²) < 4.78 is 4.41. The molecule has 51 valence electrons. The lowest BCUT2D eigenvalue weighted by atomic mass is 10.5. The molecule has 9 heavy (non-hydrogen) atoms. The molecule has 3 nitrogen and oxygen atoms in total. The number of carbonyl (C=O) groups is 1. The standard InChI is InChI=1S/C6H9O3/c1-2-5-9-6(8)3-4-7/h2,5H,3-4H2,1H3. The van der Waals surface area contributed by atoms with E-state index in [9.17, 15) is 9.90 Å². The largest absolute Gasteiger partial charge is 0.435 e. The normalized spacial score (nSPS) is 10.0. The highest BCUT2D eigenvalue weighted by molar-refractivity contribution is 5.69. The lowest BCUT2D eigenvalue weighted by molar-refractivity contribution is -0.139. The van der Waals surface area contributed by atoms with Gasteiger partial charge >= 0.3 is 5.97 Å². The maximum Gasteiger partial charge on any atom is 0.313 e. The van der Waals surface area contributed by atoms with E-state index in [1.807, 2.05) is 0 Å². The van der Waals surface area contributed by atoms with Crippen molar-refractivity contribution in [2.45, 2.75) is 13.3 Å². The molecule has 0 aromatic rings. The van der Waals surface area contributed by atoms with Crippen LogP contribution in [0.4, 0.5) is 0 Å². The summed E-state index contributed by atoms with van der Waals surface area (Å²) in [6.07, 6.45) is 2.80. The molecule has 0 spiro atoms. The molecular formula is C6H9O3. The van der Waals surface area contributed by atoms with Crippen LogP contribution in [0, 0.1) is 0 Å². The SMILES string of the molecule is CC=COC(=O)CC[O]. The summed E-state index contributed by atoms with van der Waals surface area (Å²) in [7, 11) is 0. The molecular weight excluding hydrogens is 120 g/mol. The molecule has 0 aromatic carbocycles. The minimum Gasteiger partial charge on any atom is -0.435 e. The highest BCUT2D eigenvalue weighted by Gasteiger charge is 1.96. The Morgan fingerprint density at radius 2 is 2.33 bits per heavy atom. The van der Waals surface area contributed by atoms with Crippen molar-refractivity contribution < 1.29 is 14.6 Å². The fraction of sp³-hybridized carbons (Fsp3) is 0.500. The second-order valence-electron chi connectivity index (χ2n) is 1.41. The fourth-order valence-electron chi connectivity index (χ4n) is 0.286. The molecule has 0 aliphatic carbocycles. The Morgan fingerprint density at radius 3 is 2.78 bits per heavy atom. The zero-order valence-corrected chi connectivity index (χ0v) is 5.29. The van der Waals surface area contributed by atoms with E-state index in [1.165, 1.54) is 6.26 Å². The lowest BCUT2D eigenvalue weighted by Crippen LogP contribution is -2.00. The van der Waals surface area contributed by atoms with E-state index in [0.29, 0.717) is 0 Å². The molecule has 0 aromatic heterocycles. The Balaban J connectivity index is 3.27. The predicted molar refractivity (Wildman–Crippen MR) is 31.1 cm³/mol. The number of rotatable bonds is 3. The molecule has 3 heteroatoms. The first-order chi connectivity index (χ1) is 4.31. The molecule has 0 saturated heterocycles. The van der Waals surface area contributed by atoms with Gasteiger partial charge in [-0.3, -0.25) is 4.79 Å². The second-order valence-corrected chi connectivity index (χ2v) is 1.41. The van der Waals surface area contributed by atoms with Gasteiger partial charge in [0.2, 0.25) is 0 Å². The monoisotopic (exact) mass is 129 g/mol. The minimum absolute atomic E-state index is 0.0513. The fourth-order valence-corrected chi connectivity index (χ4v) is 0.286. The number of carbonyl (C=O) groups excluding carboxylic acids is 1. The van der Waals surface area contributed by atoms with Crippen LogP contribution in [0.5, 0.6) is 0 Å². The molecule has 0 rings (SSSR count). The van der Waals surface area contributed by atoms with Crippen LogP contribution in [0.25, 0.3) is 0 Å². The number of hydrogen-bond donors (Lipinski definition) is 0. The zero-order valence-electron chi connectivity index (χ0n) is 5.29. The molecule has 1 radical (unpaired) electrons. The molecule has 0 bridgehead atoms. The summed E-state index contributed by atoms with van der Waals surface area (Å²) in [5, 5.41) is 9.78. The van der Waals surface area contributed by atoms with E-state index in [0.717, 1.165) is 0 Å². The van der Waals surface area contributed by atoms with Gasteiger partial charge in [0.25, 0.3) is 0 Å². The van der Waals surface area contributed by atoms with Crippen LogP contribution < -0.4 is 0 Å². The van der Waals surface area contributed by atoms with Gasteiger partial charge in [0.05, 0.1) is 19.3 Å². The van der Waals surface area contributed by atoms with Gasteiger partial charge in [-0.25, -0.2) is 5.11 Å². The first-order valence-corrected chi connectivity index (χ1v) is 2.70. The maximum atomic E-state index is 10.3. The topological polar surface area (TPSA) is 46.2 Å². The van der Waals surface area contributed by atoms with Crippen molar-refractivity contribution in [3.63, 3.8) is 0 Å². The minimum atomic E-state index is -0.469. The Morgan fingerprint density at radius 1 is 1.67 bits per heavy atom. The van der Waals surface area contributed by atoms with E-state index in [2.05, 4.69) is 4.74 Å². The molecule has 0 saturated carbocycles. The predicted octanol–water partition coefficient (Wildman–Crippen LogP) is 0.884. The summed E-state index contributed by atoms with van der Waals surface area (Å²) in [6, 6.07) is 0. The Hall–Kier alpha value is -0.830. The van der Waals surface area contributed by atoms with E-state index < -0.39 is 12.6 Å². The summed E-state index contributed by atoms with van der Waals surface area (Å²) in [5.41, 5.74) is 0. The Kier molecular flexibility index (Phi) is 4.82. The average Bonchev–Trinajstić information content (AvgIpc) is 1.85. The van der Waals surface area contributed by atoms with Gasteiger partial charge in [-0.05, 0) is 6.92 Å². The molecule has 0 fully saturated rings. The van der Waals surface area contributed by atoms with Gasteiger partial charge in [-0.1, -0.05) is 6.08 Å². The Labute approximate surface area is 53.9 Å². The van der Waals surface area contributed by atoms with E-state index in [4.69, 9.17) is 0 Å². The van der Waals surface area contributed by atoms with Crippen LogP contribution in [0.3, 0.4) is 0 Å². The van der Waals surface area contributed by atoms with Gasteiger partial charge in [0.1, 0.15) is 0 Å². The molecule has 0 N–H and O–H groups in total. The third-order valence-electron chi connectivity index (χ3n) is 0.642. The third-order valence-corrected chi connectivity index (χ3v) is 0.642. The van der Waals surface area contributed by atoms with E-state index in [1.54, 1.807) is 13.0 Å². The summed E-state index contributed by atoms with van der Waals surface area (Å²) in [4.78, 5) is 10.3. The summed E-state index contributed by atoms with van der Waals surface area (Å²) in [5.74, 6) is -0.469. The van der Waals surface area contributed by atoms with Crippen molar-refractivity contribution in [1.82, 2.24) is 0 Å². The second kappa shape index (κ2) is 5.31. The van der Waals surface area contributed by atoms with Crippen LogP contribution in [-0.2, 0) is 14.6 Å². The molecule has 0 atom stereocenters. The molecule has 0 amide bonds. The van der Waals surface area contributed by atoms with Gasteiger partial charge < -0.3 is 4.74 Å². The van der Waals surface area contributed by atoms with Crippen LogP contribution in [0.15, 0.2) is 12.3 Å². The number of allylic oxidation sites excluding steroid dienone is 1. The summed E-state index contributed by atoms with van der Waals surface area (Å²) >= 11 is 0. The lowest BCUT2D eigenvalue weighted by Gasteiger charge is -1.92. The van der Waals surface area contributed by atoms with Gasteiger partial charge in [0, 0.05) is 0 Å². The average molecular weight is 129 g/mol. The summed E-state index contributed by atoms with van der Waals surface area (Å²) in [6.45, 7) is 1.32. The smallest absolute Gasteiger partial charge is 0.313 e. The Bertz CT molecular complexity index is 107. The van der Waals surface area contributed by atoms with Crippen LogP contribution >= 0.6 is 0 Å². The molecule has 0 unspecified atom stereocenters. The first kappa shape index (κ1) is 8.17. The number of ether oxygens (including phenoxy) is 1. The maximum absolute atomic E-state index is 10.3. The quantitative estimate of drug-likeness (QED) is 0.419. The molecule has 0 aliphatic heterocycles. The van der Waals surface area contributed by atoms with Crippen molar-refractivity contribution >= 4 is 5.97 Å². The zero-order chi connectivity index (χ0) is 7.11. The third kappa shape index (κ3) is 5.03. The van der Waals surface area contributed by atoms with Crippen molar-refractivity contribution in [3.05, 3.63) is 12.3 Å². The van der Waals surface area contributed by atoms with Crippen LogP contribution in [0.1, 0.15) is 13.3 Å². The van der Waals surface area contributed by atoms with E-state index >= 15 is 0 Å². The van der Waals surface area contributed by atoms with Crippen LogP contribution in [0.2, 0.25) is 0 Å². The van der Waals surface area contributed by atoms with E-state index in [-0.39, 0.29) is 6.42 Å². The molecule has 0 heterocycles. The number of hydrogen-bond acceptors (Lipinski definition) is 2. The van der Waals surface area contributed by atoms with Crippen molar-refractivity contribution in [1.29, 1.82) is 0 Å². The van der Waals surface area contributed by atoms with Gasteiger partial charge in [-0.2, -0.15) is 0 Å².